The molecule has 4 rings (SSSR count). The summed E-state index contributed by atoms with van der Waals surface area (Å²) in [6.45, 7) is 10.6. The van der Waals surface area contributed by atoms with Gasteiger partial charge in [-0.1, -0.05) is 41.0 Å². The predicted molar refractivity (Wildman–Crippen MR) is 108 cm³/mol. The molecule has 27 heavy (non-hydrogen) atoms. The first-order chi connectivity index (χ1) is 12.6. The van der Waals surface area contributed by atoms with E-state index in [9.17, 15) is 9.59 Å². The van der Waals surface area contributed by atoms with Crippen LogP contribution in [0, 0.1) is 11.3 Å². The molecule has 2 aliphatic carbocycles. The van der Waals surface area contributed by atoms with Crippen molar-refractivity contribution in [3.8, 4) is 0 Å². The molecule has 1 amide bonds. The van der Waals surface area contributed by atoms with Crippen LogP contribution in [0.5, 0.6) is 0 Å². The van der Waals surface area contributed by atoms with E-state index in [0.29, 0.717) is 17.2 Å². The summed E-state index contributed by atoms with van der Waals surface area (Å²) in [6.07, 6.45) is 4.23. The molecule has 1 aromatic carbocycles. The first-order valence-corrected chi connectivity index (χ1v) is 10.1. The molecule has 0 saturated heterocycles. The largest absolute Gasteiger partial charge is 0.352 e. The topological polar surface area (TPSA) is 62.0 Å². The van der Waals surface area contributed by atoms with E-state index in [-0.39, 0.29) is 28.6 Å². The predicted octanol–water partition coefficient (Wildman–Crippen LogP) is 4.98. The van der Waals surface area contributed by atoms with E-state index < -0.39 is 0 Å². The van der Waals surface area contributed by atoms with Gasteiger partial charge in [0, 0.05) is 27.9 Å². The lowest BCUT2D eigenvalue weighted by molar-refractivity contribution is 0.0759. The molecule has 2 N–H and O–H groups in total. The van der Waals surface area contributed by atoms with Gasteiger partial charge in [0.05, 0.1) is 5.69 Å². The zero-order valence-electron chi connectivity index (χ0n) is 17.0. The number of ketones is 1. The van der Waals surface area contributed by atoms with Crippen molar-refractivity contribution in [2.45, 2.75) is 71.8 Å². The second-order valence-electron chi connectivity index (χ2n) is 9.90. The van der Waals surface area contributed by atoms with Crippen LogP contribution < -0.4 is 5.32 Å². The number of aromatic nitrogens is 1. The zero-order valence-corrected chi connectivity index (χ0v) is 17.0. The summed E-state index contributed by atoms with van der Waals surface area (Å²) < 4.78 is 0. The summed E-state index contributed by atoms with van der Waals surface area (Å²) >= 11 is 0. The molecule has 2 unspecified atom stereocenters. The van der Waals surface area contributed by atoms with Crippen LogP contribution >= 0.6 is 0 Å². The Morgan fingerprint density at radius 2 is 1.89 bits per heavy atom. The average Bonchev–Trinajstić information content (AvgIpc) is 3.15. The van der Waals surface area contributed by atoms with E-state index in [1.165, 1.54) is 12.8 Å². The molecule has 1 fully saturated rings. The maximum atomic E-state index is 13.0. The number of carbonyl (C=O) groups is 2. The van der Waals surface area contributed by atoms with Crippen LogP contribution in [-0.4, -0.2) is 22.7 Å². The van der Waals surface area contributed by atoms with E-state index in [2.05, 4.69) is 31.1 Å². The van der Waals surface area contributed by atoms with Crippen LogP contribution in [0.1, 0.15) is 86.7 Å². The molecule has 2 aromatic rings. The molecule has 1 saturated carbocycles. The molecule has 2 atom stereocenters. The highest BCUT2D eigenvalue weighted by atomic mass is 16.1. The second kappa shape index (κ2) is 5.95. The van der Waals surface area contributed by atoms with Crippen molar-refractivity contribution in [1.29, 1.82) is 0 Å². The third-order valence-electron chi connectivity index (χ3n) is 6.64. The number of fused-ring (bicyclic) bond motifs is 3. The number of amides is 1. The standard InChI is InChI=1S/C23H30N2O2/c1-13-7-6-8-16(13)25-21(27)14-9-10-17-15(11-14)18-19(24-17)20(26)23(4,5)12-22(18,2)3/h9-11,13,16,24H,6-8,12H2,1-5H3,(H,25,27). The average molecular weight is 367 g/mol. The van der Waals surface area contributed by atoms with Crippen LogP contribution in [0.4, 0.5) is 0 Å². The molecule has 0 bridgehead atoms. The van der Waals surface area contributed by atoms with E-state index in [1.807, 2.05) is 32.0 Å². The number of hydrogen-bond acceptors (Lipinski definition) is 2. The fraction of sp³-hybridized carbons (Fsp3) is 0.565. The smallest absolute Gasteiger partial charge is 0.251 e. The fourth-order valence-electron chi connectivity index (χ4n) is 5.43. The number of Topliss-reactive ketones (excluding diaryl/α,β-unsaturated/α-hetero) is 1. The third kappa shape index (κ3) is 2.90. The summed E-state index contributed by atoms with van der Waals surface area (Å²) in [5.74, 6) is 0.696. The summed E-state index contributed by atoms with van der Waals surface area (Å²) in [6, 6.07) is 6.04. The van der Waals surface area contributed by atoms with Gasteiger partial charge in [-0.3, -0.25) is 9.59 Å². The SMILES string of the molecule is CC1CCCC1NC(=O)c1ccc2[nH]c3c(c2c1)C(C)(C)CC(C)(C)C3=O. The highest BCUT2D eigenvalue weighted by molar-refractivity contribution is 6.08. The monoisotopic (exact) mass is 366 g/mol. The van der Waals surface area contributed by atoms with Crippen LogP contribution in [0.3, 0.4) is 0 Å². The highest BCUT2D eigenvalue weighted by Gasteiger charge is 2.45. The molecule has 144 valence electrons. The molecule has 1 aromatic heterocycles. The lowest BCUT2D eigenvalue weighted by atomic mass is 9.63. The number of nitrogens with one attached hydrogen (secondary N) is 2. The van der Waals surface area contributed by atoms with E-state index in [0.717, 1.165) is 29.3 Å². The molecule has 2 aliphatic rings. The lowest BCUT2D eigenvalue weighted by Crippen LogP contribution is -2.39. The van der Waals surface area contributed by atoms with E-state index >= 15 is 0 Å². The number of carbonyl (C=O) groups excluding carboxylic acids is 2. The van der Waals surface area contributed by atoms with Crippen molar-refractivity contribution in [3.05, 3.63) is 35.0 Å². The van der Waals surface area contributed by atoms with Crippen molar-refractivity contribution in [2.75, 3.05) is 0 Å². The first kappa shape index (κ1) is 18.3. The second-order valence-corrected chi connectivity index (χ2v) is 9.90. The van der Waals surface area contributed by atoms with Crippen LogP contribution in [0.15, 0.2) is 18.2 Å². The zero-order chi connectivity index (χ0) is 19.6. The third-order valence-corrected chi connectivity index (χ3v) is 6.64. The minimum Gasteiger partial charge on any atom is -0.352 e. The van der Waals surface area contributed by atoms with Crippen molar-refractivity contribution >= 4 is 22.6 Å². The molecular weight excluding hydrogens is 336 g/mol. The number of aromatic amines is 1. The summed E-state index contributed by atoms with van der Waals surface area (Å²) in [5.41, 5.74) is 2.89. The number of hydrogen-bond donors (Lipinski definition) is 2. The molecule has 0 aliphatic heterocycles. The van der Waals surface area contributed by atoms with Crippen LogP contribution in [0.2, 0.25) is 0 Å². The Balaban J connectivity index is 1.75. The Morgan fingerprint density at radius 3 is 2.56 bits per heavy atom. The quantitative estimate of drug-likeness (QED) is 0.788. The van der Waals surface area contributed by atoms with Gasteiger partial charge in [0.1, 0.15) is 0 Å². The Kier molecular flexibility index (Phi) is 4.03. The molecule has 1 heterocycles. The normalized spacial score (nSPS) is 26.2. The maximum Gasteiger partial charge on any atom is 0.251 e. The van der Waals surface area contributed by atoms with Crippen molar-refractivity contribution in [2.24, 2.45) is 11.3 Å². The Labute approximate surface area is 161 Å². The van der Waals surface area contributed by atoms with Gasteiger partial charge in [-0.05, 0) is 54.4 Å². The van der Waals surface area contributed by atoms with Crippen LogP contribution in [-0.2, 0) is 5.41 Å². The van der Waals surface area contributed by atoms with Crippen molar-refractivity contribution < 1.29 is 9.59 Å². The van der Waals surface area contributed by atoms with Gasteiger partial charge in [0.25, 0.3) is 5.91 Å². The summed E-state index contributed by atoms with van der Waals surface area (Å²) in [4.78, 5) is 29.1. The molecule has 0 spiro atoms. The molecule has 4 heteroatoms. The fourth-order valence-corrected chi connectivity index (χ4v) is 5.43. The van der Waals surface area contributed by atoms with Gasteiger partial charge in [0.15, 0.2) is 5.78 Å². The first-order valence-electron chi connectivity index (χ1n) is 10.1. The minimum absolute atomic E-state index is 0.00845. The van der Waals surface area contributed by atoms with Gasteiger partial charge in [-0.25, -0.2) is 0 Å². The van der Waals surface area contributed by atoms with Crippen LogP contribution in [0.25, 0.3) is 10.9 Å². The van der Waals surface area contributed by atoms with E-state index in [1.54, 1.807) is 0 Å². The molecule has 0 radical (unpaired) electrons. The number of benzene rings is 1. The summed E-state index contributed by atoms with van der Waals surface area (Å²) in [5, 5.41) is 4.21. The molecule has 4 nitrogen and oxygen atoms in total. The highest BCUT2D eigenvalue weighted by Crippen LogP contribution is 2.48. The van der Waals surface area contributed by atoms with E-state index in [4.69, 9.17) is 0 Å². The van der Waals surface area contributed by atoms with Crippen molar-refractivity contribution in [1.82, 2.24) is 10.3 Å². The Morgan fingerprint density at radius 1 is 1.15 bits per heavy atom. The van der Waals surface area contributed by atoms with Gasteiger partial charge < -0.3 is 10.3 Å². The minimum atomic E-state index is -0.379. The van der Waals surface area contributed by atoms with Gasteiger partial charge in [-0.2, -0.15) is 0 Å². The Hall–Kier alpha value is -2.10. The number of H-pyrrole nitrogens is 1. The van der Waals surface area contributed by atoms with Gasteiger partial charge >= 0.3 is 0 Å². The summed E-state index contributed by atoms with van der Waals surface area (Å²) in [7, 11) is 0. The number of rotatable bonds is 2. The molecular formula is C23H30N2O2. The van der Waals surface area contributed by atoms with Crippen molar-refractivity contribution in [3.63, 3.8) is 0 Å². The van der Waals surface area contributed by atoms with Gasteiger partial charge in [-0.15, -0.1) is 0 Å². The maximum absolute atomic E-state index is 13.0. The Bertz CT molecular complexity index is 935. The van der Waals surface area contributed by atoms with Gasteiger partial charge in [0.2, 0.25) is 0 Å². The lowest BCUT2D eigenvalue weighted by Gasteiger charge is -2.39.